The zero-order valence-corrected chi connectivity index (χ0v) is 21.9. The van der Waals surface area contributed by atoms with Crippen LogP contribution in [0.4, 0.5) is 19.3 Å². The second-order valence-electron chi connectivity index (χ2n) is 9.76. The van der Waals surface area contributed by atoms with Gasteiger partial charge in [-0.2, -0.15) is 0 Å². The summed E-state index contributed by atoms with van der Waals surface area (Å²) >= 11 is 0. The molecule has 8 heteroatoms. The first kappa shape index (κ1) is 26.6. The molecule has 1 unspecified atom stereocenters. The second kappa shape index (κ2) is 11.8. The lowest BCUT2D eigenvalue weighted by Gasteiger charge is -2.16. The molecule has 3 aromatic carbocycles. The van der Waals surface area contributed by atoms with Gasteiger partial charge < -0.3 is 10.1 Å². The average Bonchev–Trinajstić information content (AvgIpc) is 3.36. The van der Waals surface area contributed by atoms with Gasteiger partial charge in [-0.05, 0) is 42.8 Å². The number of anilines is 1. The molecule has 2 atom stereocenters. The van der Waals surface area contributed by atoms with Crippen LogP contribution >= 0.6 is 0 Å². The molecule has 0 saturated carbocycles. The first-order valence-electron chi connectivity index (χ1n) is 12.9. The summed E-state index contributed by atoms with van der Waals surface area (Å²) in [6.07, 6.45) is 1.66. The molecule has 1 aliphatic heterocycles. The number of carbonyl (C=O) groups excluding carboxylic acids is 1. The molecule has 1 aromatic heterocycles. The van der Waals surface area contributed by atoms with Crippen LogP contribution < -0.4 is 5.32 Å². The van der Waals surface area contributed by atoms with Gasteiger partial charge >= 0.3 is 6.03 Å². The van der Waals surface area contributed by atoms with E-state index >= 15 is 0 Å². The maximum absolute atomic E-state index is 14.1. The van der Waals surface area contributed by atoms with E-state index in [1.807, 2.05) is 43.3 Å². The Bertz CT molecular complexity index is 1510. The lowest BCUT2D eigenvalue weighted by Crippen LogP contribution is -2.25. The number of methoxy groups -OCH3 is 1. The van der Waals surface area contributed by atoms with Crippen LogP contribution in [0.15, 0.2) is 77.8 Å². The number of rotatable bonds is 7. The number of amides is 2. The van der Waals surface area contributed by atoms with E-state index in [1.54, 1.807) is 31.5 Å². The van der Waals surface area contributed by atoms with Gasteiger partial charge in [-0.1, -0.05) is 42.5 Å². The van der Waals surface area contributed by atoms with Crippen molar-refractivity contribution < 1.29 is 18.3 Å². The number of nitrogens with one attached hydrogen (secondary N) is 1. The third kappa shape index (κ3) is 6.02. The first-order chi connectivity index (χ1) is 18.9. The predicted octanol–water partition coefficient (Wildman–Crippen LogP) is 6.45. The predicted molar refractivity (Wildman–Crippen MR) is 150 cm³/mol. The van der Waals surface area contributed by atoms with Crippen LogP contribution in [0.5, 0.6) is 0 Å². The maximum atomic E-state index is 14.1. The smallest absolute Gasteiger partial charge is 0.345 e. The van der Waals surface area contributed by atoms with Gasteiger partial charge in [0.2, 0.25) is 0 Å². The molecule has 2 heterocycles. The molecule has 0 radical (unpaired) electrons. The lowest BCUT2D eigenvalue weighted by atomic mass is 9.90. The van der Waals surface area contributed by atoms with Gasteiger partial charge in [0.05, 0.1) is 18.0 Å². The Morgan fingerprint density at radius 3 is 2.62 bits per heavy atom. The summed E-state index contributed by atoms with van der Waals surface area (Å²) in [6.45, 7) is 4.51. The Morgan fingerprint density at radius 1 is 1.05 bits per heavy atom. The largest absolute Gasteiger partial charge is 0.383 e. The number of fused-ring (bicyclic) bond motifs is 1. The van der Waals surface area contributed by atoms with Gasteiger partial charge in [0.25, 0.3) is 0 Å². The number of aliphatic imine (C=N–C) groups is 1. The Kier molecular flexibility index (Phi) is 8.05. The van der Waals surface area contributed by atoms with Crippen LogP contribution in [0.1, 0.15) is 17.2 Å². The molecule has 2 amide bonds. The van der Waals surface area contributed by atoms with Gasteiger partial charge in [-0.15, -0.1) is 0 Å². The van der Waals surface area contributed by atoms with Crippen LogP contribution in [0.3, 0.4) is 0 Å². The number of hydrogen-bond acceptors (Lipinski definition) is 4. The van der Waals surface area contributed by atoms with Crippen molar-refractivity contribution >= 4 is 28.7 Å². The van der Waals surface area contributed by atoms with E-state index in [9.17, 15) is 13.6 Å². The fourth-order valence-electron chi connectivity index (χ4n) is 5.24. The third-order valence-electron chi connectivity index (χ3n) is 7.15. The van der Waals surface area contributed by atoms with Crippen LogP contribution in [-0.2, 0) is 4.74 Å². The lowest BCUT2D eigenvalue weighted by molar-refractivity contribution is 0.159. The summed E-state index contributed by atoms with van der Waals surface area (Å²) in [5.74, 6) is -0.776. The minimum atomic E-state index is -0.559. The van der Waals surface area contributed by atoms with E-state index in [4.69, 9.17) is 9.72 Å². The minimum absolute atomic E-state index is 0.0150. The van der Waals surface area contributed by atoms with Crippen molar-refractivity contribution in [3.8, 4) is 11.3 Å². The summed E-state index contributed by atoms with van der Waals surface area (Å²) in [5, 5.41) is 4.21. The number of ether oxygens (including phenoxy) is 1. The van der Waals surface area contributed by atoms with Crippen molar-refractivity contribution in [2.45, 2.75) is 12.8 Å². The number of carbonyl (C=O) groups is 1. The zero-order chi connectivity index (χ0) is 27.4. The van der Waals surface area contributed by atoms with Gasteiger partial charge in [-0.25, -0.2) is 18.6 Å². The van der Waals surface area contributed by atoms with E-state index in [-0.39, 0.29) is 23.5 Å². The van der Waals surface area contributed by atoms with Crippen molar-refractivity contribution in [1.82, 2.24) is 9.88 Å². The molecule has 0 bridgehead atoms. The molecule has 5 rings (SSSR count). The van der Waals surface area contributed by atoms with E-state index < -0.39 is 6.03 Å². The Balaban J connectivity index is 1.45. The number of halogens is 2. The topological polar surface area (TPSA) is 66.8 Å². The summed E-state index contributed by atoms with van der Waals surface area (Å²) in [6, 6.07) is 20.0. The number of pyridine rings is 1. The highest BCUT2D eigenvalue weighted by Crippen LogP contribution is 2.36. The highest BCUT2D eigenvalue weighted by atomic mass is 19.1. The summed E-state index contributed by atoms with van der Waals surface area (Å²) in [4.78, 5) is 24.4. The number of likely N-dealkylation sites (tertiary alicyclic amines) is 1. The van der Waals surface area contributed by atoms with Crippen molar-refractivity contribution in [2.75, 3.05) is 38.7 Å². The molecule has 200 valence electrons. The highest BCUT2D eigenvalue weighted by molar-refractivity contribution is 6.08. The summed E-state index contributed by atoms with van der Waals surface area (Å²) in [7, 11) is 1.66. The fraction of sp³-hybridized carbons (Fsp3) is 0.258. The molecule has 6 nitrogen and oxygen atoms in total. The average molecular weight is 529 g/mol. The number of hydrogen-bond donors (Lipinski definition) is 1. The van der Waals surface area contributed by atoms with Gasteiger partial charge in [-0.3, -0.25) is 9.88 Å². The van der Waals surface area contributed by atoms with Crippen LogP contribution in [-0.4, -0.2) is 55.5 Å². The standard InChI is InChI=1S/C31H30F2N4O2/c1-20-27-16-25(33)11-12-26(27)30(29(35-20)21-7-4-3-5-8-21)36-31(38)34-17-23-18-37(13-14-39-2)19-28(23)22-9-6-10-24(32)15-22/h3-12,15-17,23,28H,13-14,18-19H2,1-2H3,(H,36,38)/b34-17+/t23?,28-/m0/s1. The van der Waals surface area contributed by atoms with Crippen molar-refractivity contribution in [2.24, 2.45) is 10.9 Å². The quantitative estimate of drug-likeness (QED) is 0.280. The molecular weight excluding hydrogens is 498 g/mol. The third-order valence-corrected chi connectivity index (χ3v) is 7.15. The van der Waals surface area contributed by atoms with Gasteiger partial charge in [0.15, 0.2) is 0 Å². The Labute approximate surface area is 226 Å². The number of aryl methyl sites for hydroxylation is 1. The Hall–Kier alpha value is -4.01. The Morgan fingerprint density at radius 2 is 1.85 bits per heavy atom. The number of urea groups is 1. The molecule has 1 aliphatic rings. The monoisotopic (exact) mass is 528 g/mol. The van der Waals surface area contributed by atoms with E-state index in [1.165, 1.54) is 18.2 Å². The molecule has 1 saturated heterocycles. The van der Waals surface area contributed by atoms with Crippen LogP contribution in [0.25, 0.3) is 22.0 Å². The maximum Gasteiger partial charge on any atom is 0.345 e. The van der Waals surface area contributed by atoms with Crippen molar-refractivity contribution in [1.29, 1.82) is 0 Å². The first-order valence-corrected chi connectivity index (χ1v) is 12.9. The molecule has 1 N–H and O–H groups in total. The second-order valence-corrected chi connectivity index (χ2v) is 9.76. The number of aromatic nitrogens is 1. The minimum Gasteiger partial charge on any atom is -0.383 e. The molecule has 4 aromatic rings. The van der Waals surface area contributed by atoms with Crippen molar-refractivity contribution in [3.63, 3.8) is 0 Å². The highest BCUT2D eigenvalue weighted by Gasteiger charge is 2.33. The normalized spacial score (nSPS) is 17.7. The number of nitrogens with zero attached hydrogens (tertiary/aromatic N) is 3. The van der Waals surface area contributed by atoms with Crippen molar-refractivity contribution in [3.05, 3.63) is 95.7 Å². The summed E-state index contributed by atoms with van der Waals surface area (Å²) < 4.78 is 33.3. The van der Waals surface area contributed by atoms with Crippen LogP contribution in [0, 0.1) is 24.5 Å². The van der Waals surface area contributed by atoms with E-state index in [0.29, 0.717) is 47.5 Å². The summed E-state index contributed by atoms with van der Waals surface area (Å²) in [5.41, 5.74) is 3.40. The molecular formula is C31H30F2N4O2. The number of benzene rings is 3. The SMILES string of the molecule is COCCN1CC(/C=N/C(=O)Nc2c(-c3ccccc3)nc(C)c3cc(F)ccc23)[C@H](c2cccc(F)c2)C1. The molecule has 0 spiro atoms. The van der Waals surface area contributed by atoms with Crippen LogP contribution in [0.2, 0.25) is 0 Å². The van der Waals surface area contributed by atoms with E-state index in [2.05, 4.69) is 15.2 Å². The molecule has 0 aliphatic carbocycles. The fourth-order valence-corrected chi connectivity index (χ4v) is 5.24. The zero-order valence-electron chi connectivity index (χ0n) is 21.9. The van der Waals surface area contributed by atoms with E-state index in [0.717, 1.165) is 17.7 Å². The van der Waals surface area contributed by atoms with Gasteiger partial charge in [0, 0.05) is 66.8 Å². The van der Waals surface area contributed by atoms with Gasteiger partial charge in [0.1, 0.15) is 11.6 Å². The molecule has 39 heavy (non-hydrogen) atoms. The molecule has 1 fully saturated rings.